The van der Waals surface area contributed by atoms with Crippen LogP contribution in [0.5, 0.6) is 0 Å². The molecule has 2 heterocycles. The molecule has 0 spiro atoms. The van der Waals surface area contributed by atoms with Gasteiger partial charge < -0.3 is 9.30 Å². The van der Waals surface area contributed by atoms with Crippen LogP contribution in [0.15, 0.2) is 29.8 Å². The highest BCUT2D eigenvalue weighted by molar-refractivity contribution is 7.12. The van der Waals surface area contributed by atoms with Gasteiger partial charge in [-0.2, -0.15) is 5.26 Å². The normalized spacial score (nSPS) is 10.8. The summed E-state index contributed by atoms with van der Waals surface area (Å²) in [5.41, 5.74) is 1.23. The second-order valence-corrected chi connectivity index (χ2v) is 5.43. The molecule has 0 saturated carbocycles. The second-order valence-electron chi connectivity index (χ2n) is 4.57. The van der Waals surface area contributed by atoms with Crippen molar-refractivity contribution < 1.29 is 13.9 Å². The lowest BCUT2D eigenvalue weighted by molar-refractivity contribution is 0.103. The number of benzene rings is 1. The first kappa shape index (κ1) is 14.4. The van der Waals surface area contributed by atoms with Crippen molar-refractivity contribution in [1.29, 1.82) is 5.26 Å². The highest BCUT2D eigenvalue weighted by Gasteiger charge is 2.20. The Morgan fingerprint density at radius 1 is 1.55 bits per heavy atom. The van der Waals surface area contributed by atoms with Gasteiger partial charge in [-0.15, -0.1) is 11.3 Å². The van der Waals surface area contributed by atoms with Crippen LogP contribution in [0.2, 0.25) is 0 Å². The Bertz CT molecular complexity index is 907. The van der Waals surface area contributed by atoms with Gasteiger partial charge in [0.15, 0.2) is 10.7 Å². The van der Waals surface area contributed by atoms with Crippen LogP contribution in [0.25, 0.3) is 10.9 Å². The molecule has 3 rings (SSSR count). The van der Waals surface area contributed by atoms with Crippen molar-refractivity contribution in [2.45, 2.75) is 6.73 Å². The molecular formula is C15H10FN3O2S. The molecule has 0 aliphatic rings. The molecule has 0 fully saturated rings. The maximum atomic E-state index is 13.5. The molecule has 5 nitrogen and oxygen atoms in total. The number of thiazole rings is 1. The van der Waals surface area contributed by atoms with Crippen molar-refractivity contribution in [3.63, 3.8) is 0 Å². The summed E-state index contributed by atoms with van der Waals surface area (Å²) in [6, 6.07) is 6.13. The van der Waals surface area contributed by atoms with Crippen molar-refractivity contribution in [3.05, 3.63) is 51.9 Å². The minimum absolute atomic E-state index is 0.195. The molecule has 7 heteroatoms. The number of nitriles is 1. The van der Waals surface area contributed by atoms with Gasteiger partial charge >= 0.3 is 0 Å². The Balaban J connectivity index is 2.15. The summed E-state index contributed by atoms with van der Waals surface area (Å²) in [6.07, 6.45) is 1.61. The number of halogens is 1. The zero-order valence-electron chi connectivity index (χ0n) is 11.5. The van der Waals surface area contributed by atoms with Crippen LogP contribution in [-0.4, -0.2) is 22.4 Å². The number of methoxy groups -OCH3 is 1. The minimum Gasteiger partial charge on any atom is -0.364 e. The molecule has 3 aromatic rings. The lowest BCUT2D eigenvalue weighted by Crippen LogP contribution is -2.01. The molecule has 1 aromatic carbocycles. The van der Waals surface area contributed by atoms with Crippen molar-refractivity contribution in [1.82, 2.24) is 9.55 Å². The van der Waals surface area contributed by atoms with E-state index in [2.05, 4.69) is 4.98 Å². The summed E-state index contributed by atoms with van der Waals surface area (Å²) in [5.74, 6) is -0.759. The van der Waals surface area contributed by atoms with Crippen molar-refractivity contribution in [3.8, 4) is 6.07 Å². The second kappa shape index (κ2) is 5.67. The smallest absolute Gasteiger partial charge is 0.223 e. The average molecular weight is 315 g/mol. The maximum Gasteiger partial charge on any atom is 0.223 e. The predicted octanol–water partition coefficient (Wildman–Crippen LogP) is 2.94. The van der Waals surface area contributed by atoms with Crippen LogP contribution in [-0.2, 0) is 11.5 Å². The van der Waals surface area contributed by atoms with E-state index in [9.17, 15) is 9.18 Å². The summed E-state index contributed by atoms with van der Waals surface area (Å²) in [5, 5.41) is 11.0. The number of rotatable bonds is 4. The topological polar surface area (TPSA) is 67.9 Å². The molecule has 0 unspecified atom stereocenters. The van der Waals surface area contributed by atoms with Gasteiger partial charge in [0.05, 0.1) is 11.1 Å². The van der Waals surface area contributed by atoms with E-state index in [1.807, 2.05) is 6.07 Å². The van der Waals surface area contributed by atoms with Crippen molar-refractivity contribution >= 4 is 28.0 Å². The van der Waals surface area contributed by atoms with Gasteiger partial charge in [0.1, 0.15) is 18.6 Å². The fourth-order valence-electron chi connectivity index (χ4n) is 2.24. The Morgan fingerprint density at radius 2 is 2.36 bits per heavy atom. The van der Waals surface area contributed by atoms with Crippen LogP contribution in [0, 0.1) is 17.1 Å². The predicted molar refractivity (Wildman–Crippen MR) is 79.2 cm³/mol. The quantitative estimate of drug-likeness (QED) is 0.694. The fraction of sp³-hybridized carbons (Fsp3) is 0.133. The van der Waals surface area contributed by atoms with Crippen molar-refractivity contribution in [2.75, 3.05) is 7.11 Å². The van der Waals surface area contributed by atoms with E-state index in [4.69, 9.17) is 10.00 Å². The SMILES string of the molecule is COCn1cc(C(=O)c2nc(C#N)cs2)c2cc(F)ccc21. The van der Waals surface area contributed by atoms with Crippen LogP contribution in [0.1, 0.15) is 21.1 Å². The summed E-state index contributed by atoms with van der Waals surface area (Å²) in [4.78, 5) is 16.5. The number of ether oxygens (including phenoxy) is 1. The third-order valence-corrected chi connectivity index (χ3v) is 4.01. The number of hydrogen-bond donors (Lipinski definition) is 0. The minimum atomic E-state index is -0.423. The van der Waals surface area contributed by atoms with Gasteiger partial charge in [0.2, 0.25) is 5.78 Å². The number of carbonyl (C=O) groups excluding carboxylic acids is 1. The molecule has 0 bridgehead atoms. The van der Waals surface area contributed by atoms with Gasteiger partial charge in [-0.3, -0.25) is 4.79 Å². The van der Waals surface area contributed by atoms with Crippen LogP contribution in [0.4, 0.5) is 4.39 Å². The van der Waals surface area contributed by atoms with E-state index in [0.29, 0.717) is 16.5 Å². The Morgan fingerprint density at radius 3 is 3.05 bits per heavy atom. The molecule has 0 atom stereocenters. The number of carbonyl (C=O) groups is 1. The molecule has 0 saturated heterocycles. The lowest BCUT2D eigenvalue weighted by Gasteiger charge is -2.02. The summed E-state index contributed by atoms with van der Waals surface area (Å²) in [7, 11) is 1.54. The Kier molecular flexibility index (Phi) is 3.71. The Labute approximate surface area is 129 Å². The van der Waals surface area contributed by atoms with E-state index in [1.54, 1.807) is 16.8 Å². The standard InChI is InChI=1S/C15H10FN3O2S/c1-21-8-19-6-12(11-4-9(16)2-3-13(11)19)14(20)15-18-10(5-17)7-22-15/h2-4,6-7H,8H2,1H3. The molecule has 22 heavy (non-hydrogen) atoms. The molecule has 0 aliphatic heterocycles. The van der Waals surface area contributed by atoms with Crippen LogP contribution >= 0.6 is 11.3 Å². The number of ketones is 1. The zero-order valence-corrected chi connectivity index (χ0v) is 12.4. The highest BCUT2D eigenvalue weighted by atomic mass is 32.1. The third-order valence-electron chi connectivity index (χ3n) is 3.17. The van der Waals surface area contributed by atoms with Crippen LogP contribution in [0.3, 0.4) is 0 Å². The molecule has 0 radical (unpaired) electrons. The number of fused-ring (bicyclic) bond motifs is 1. The van der Waals surface area contributed by atoms with Gasteiger partial charge in [0.25, 0.3) is 0 Å². The monoisotopic (exact) mass is 315 g/mol. The summed E-state index contributed by atoms with van der Waals surface area (Å²) < 4.78 is 20.3. The maximum absolute atomic E-state index is 13.5. The molecule has 2 aromatic heterocycles. The number of hydrogen-bond acceptors (Lipinski definition) is 5. The molecule has 0 amide bonds. The van der Waals surface area contributed by atoms with E-state index in [1.165, 1.54) is 24.6 Å². The lowest BCUT2D eigenvalue weighted by atomic mass is 10.1. The fourth-order valence-corrected chi connectivity index (χ4v) is 2.94. The largest absolute Gasteiger partial charge is 0.364 e. The van der Waals surface area contributed by atoms with Gasteiger partial charge in [-0.05, 0) is 18.2 Å². The first-order chi connectivity index (χ1) is 10.6. The first-order valence-electron chi connectivity index (χ1n) is 6.31. The molecular weight excluding hydrogens is 305 g/mol. The van der Waals surface area contributed by atoms with E-state index >= 15 is 0 Å². The molecule has 0 N–H and O–H groups in total. The number of aromatic nitrogens is 2. The van der Waals surface area contributed by atoms with E-state index < -0.39 is 5.82 Å². The number of nitrogens with zero attached hydrogens (tertiary/aromatic N) is 3. The van der Waals surface area contributed by atoms with Gasteiger partial charge in [0, 0.05) is 24.1 Å². The molecule has 110 valence electrons. The zero-order chi connectivity index (χ0) is 15.7. The molecule has 0 aliphatic carbocycles. The average Bonchev–Trinajstić information content (AvgIpc) is 3.12. The summed E-state index contributed by atoms with van der Waals surface area (Å²) >= 11 is 1.10. The Hall–Kier alpha value is -2.56. The highest BCUT2D eigenvalue weighted by Crippen LogP contribution is 2.26. The van der Waals surface area contributed by atoms with Gasteiger partial charge in [-0.1, -0.05) is 0 Å². The third kappa shape index (κ3) is 2.39. The summed E-state index contributed by atoms with van der Waals surface area (Å²) in [6.45, 7) is 0.247. The van der Waals surface area contributed by atoms with E-state index in [0.717, 1.165) is 11.3 Å². The first-order valence-corrected chi connectivity index (χ1v) is 7.19. The van der Waals surface area contributed by atoms with Crippen LogP contribution < -0.4 is 0 Å². The van der Waals surface area contributed by atoms with E-state index in [-0.39, 0.29) is 23.2 Å². The van der Waals surface area contributed by atoms with Gasteiger partial charge in [-0.25, -0.2) is 9.37 Å². The van der Waals surface area contributed by atoms with Crippen molar-refractivity contribution in [2.24, 2.45) is 0 Å².